The second kappa shape index (κ2) is 10.1. The molecule has 1 heterocycles. The molecular weight excluding hydrogens is 202 g/mol. The van der Waals surface area contributed by atoms with Crippen LogP contribution in [0.25, 0.3) is 0 Å². The molecule has 16 heavy (non-hydrogen) atoms. The van der Waals surface area contributed by atoms with Crippen molar-refractivity contribution in [1.29, 1.82) is 0 Å². The van der Waals surface area contributed by atoms with Crippen molar-refractivity contribution in [2.45, 2.75) is 53.2 Å². The highest BCUT2D eigenvalue weighted by Crippen LogP contribution is 2.04. The van der Waals surface area contributed by atoms with Crippen LogP contribution < -0.4 is 0 Å². The van der Waals surface area contributed by atoms with E-state index in [1.807, 2.05) is 13.8 Å². The lowest BCUT2D eigenvalue weighted by Gasteiger charge is -2.31. The van der Waals surface area contributed by atoms with Gasteiger partial charge in [0.1, 0.15) is 0 Å². The van der Waals surface area contributed by atoms with Gasteiger partial charge in [-0.3, -0.25) is 4.90 Å². The molecule has 1 saturated heterocycles. The topological polar surface area (TPSA) is 21.7 Å². The molecule has 1 atom stereocenters. The zero-order valence-corrected chi connectivity index (χ0v) is 11.7. The Kier molecular flexibility index (Phi) is 9.99. The highest BCUT2D eigenvalue weighted by atomic mass is 16.5. The molecule has 0 aromatic heterocycles. The molecule has 1 aliphatic heterocycles. The third-order valence-corrected chi connectivity index (χ3v) is 2.40. The van der Waals surface area contributed by atoms with Crippen LogP contribution in [0.1, 0.15) is 41.0 Å². The van der Waals surface area contributed by atoms with Gasteiger partial charge in [0, 0.05) is 26.2 Å². The van der Waals surface area contributed by atoms with Gasteiger partial charge in [0.05, 0.1) is 18.8 Å². The molecular formula is C13H29NO2. The van der Waals surface area contributed by atoms with Gasteiger partial charge in [0.15, 0.2) is 0 Å². The normalized spacial score (nSPS) is 21.8. The molecule has 0 aromatic carbocycles. The molecule has 0 bridgehead atoms. The van der Waals surface area contributed by atoms with Gasteiger partial charge in [-0.15, -0.1) is 0 Å². The van der Waals surface area contributed by atoms with E-state index in [0.717, 1.165) is 39.3 Å². The van der Waals surface area contributed by atoms with Crippen molar-refractivity contribution in [3.05, 3.63) is 0 Å². The van der Waals surface area contributed by atoms with Crippen LogP contribution in [0.5, 0.6) is 0 Å². The zero-order chi connectivity index (χ0) is 12.4. The average Bonchev–Trinajstić information content (AvgIpc) is 2.27. The van der Waals surface area contributed by atoms with Crippen LogP contribution in [0.4, 0.5) is 0 Å². The molecule has 0 spiro atoms. The first-order valence-electron chi connectivity index (χ1n) is 6.64. The summed E-state index contributed by atoms with van der Waals surface area (Å²) < 4.78 is 11.0. The first kappa shape index (κ1) is 15.9. The summed E-state index contributed by atoms with van der Waals surface area (Å²) in [6.07, 6.45) is 1.89. The van der Waals surface area contributed by atoms with Crippen LogP contribution in [0.15, 0.2) is 0 Å². The quantitative estimate of drug-likeness (QED) is 0.679. The van der Waals surface area contributed by atoms with E-state index in [0.29, 0.717) is 12.2 Å². The van der Waals surface area contributed by atoms with Gasteiger partial charge in [-0.2, -0.15) is 0 Å². The Bertz CT molecular complexity index is 151. The second-order valence-corrected chi connectivity index (χ2v) is 4.26. The number of rotatable bonds is 5. The zero-order valence-electron chi connectivity index (χ0n) is 11.7. The summed E-state index contributed by atoms with van der Waals surface area (Å²) in [5, 5.41) is 0. The van der Waals surface area contributed by atoms with E-state index < -0.39 is 0 Å². The van der Waals surface area contributed by atoms with Gasteiger partial charge >= 0.3 is 0 Å². The van der Waals surface area contributed by atoms with Crippen molar-refractivity contribution in [3.8, 4) is 0 Å². The molecule has 0 saturated carbocycles. The highest BCUT2D eigenvalue weighted by molar-refractivity contribution is 4.67. The van der Waals surface area contributed by atoms with Crippen molar-refractivity contribution in [3.63, 3.8) is 0 Å². The number of ether oxygens (including phenoxy) is 2. The molecule has 1 unspecified atom stereocenters. The largest absolute Gasteiger partial charge is 0.379 e. The monoisotopic (exact) mass is 231 g/mol. The van der Waals surface area contributed by atoms with Gasteiger partial charge in [0.25, 0.3) is 0 Å². The second-order valence-electron chi connectivity index (χ2n) is 4.26. The van der Waals surface area contributed by atoms with Gasteiger partial charge in [-0.1, -0.05) is 13.8 Å². The molecule has 3 heteroatoms. The van der Waals surface area contributed by atoms with Crippen LogP contribution in [-0.4, -0.2) is 50.0 Å². The number of nitrogens with zero attached hydrogens (tertiary/aromatic N) is 1. The van der Waals surface area contributed by atoms with Crippen molar-refractivity contribution < 1.29 is 9.47 Å². The fraction of sp³-hybridized carbons (Fsp3) is 1.00. The van der Waals surface area contributed by atoms with Crippen LogP contribution in [0, 0.1) is 0 Å². The van der Waals surface area contributed by atoms with E-state index in [-0.39, 0.29) is 0 Å². The minimum atomic E-state index is 0.360. The van der Waals surface area contributed by atoms with Crippen molar-refractivity contribution in [2.75, 3.05) is 32.8 Å². The molecule has 1 aliphatic rings. The Hall–Kier alpha value is -0.120. The molecule has 0 radical (unpaired) electrons. The fourth-order valence-corrected chi connectivity index (χ4v) is 1.70. The summed E-state index contributed by atoms with van der Waals surface area (Å²) in [4.78, 5) is 2.46. The highest BCUT2D eigenvalue weighted by Gasteiger charge is 2.15. The van der Waals surface area contributed by atoms with E-state index in [9.17, 15) is 0 Å². The summed E-state index contributed by atoms with van der Waals surface area (Å²) >= 11 is 0. The van der Waals surface area contributed by atoms with E-state index in [1.165, 1.54) is 0 Å². The number of morpholine rings is 1. The lowest BCUT2D eigenvalue weighted by atomic mass is 10.3. The molecule has 0 amide bonds. The van der Waals surface area contributed by atoms with Crippen molar-refractivity contribution >= 4 is 0 Å². The summed E-state index contributed by atoms with van der Waals surface area (Å²) in [7, 11) is 0. The van der Waals surface area contributed by atoms with E-state index >= 15 is 0 Å². The smallest absolute Gasteiger partial charge is 0.0674 e. The lowest BCUT2D eigenvalue weighted by Crippen LogP contribution is -2.41. The standard InChI is InChI=1S/C11H23NO2.C2H6/c1-10(2)13-7-4-5-12-6-8-14-11(3)9-12;1-2/h10-11H,4-9H2,1-3H3;1-2H3. The molecule has 0 N–H and O–H groups in total. The minimum Gasteiger partial charge on any atom is -0.379 e. The Morgan fingerprint density at radius 3 is 2.62 bits per heavy atom. The summed E-state index contributed by atoms with van der Waals surface area (Å²) in [6, 6.07) is 0. The molecule has 98 valence electrons. The first-order chi connectivity index (χ1) is 7.68. The molecule has 1 fully saturated rings. The lowest BCUT2D eigenvalue weighted by molar-refractivity contribution is -0.0221. The number of hydrogen-bond donors (Lipinski definition) is 0. The predicted octanol–water partition coefficient (Wildman–Crippen LogP) is 2.55. The van der Waals surface area contributed by atoms with Crippen LogP contribution in [-0.2, 0) is 9.47 Å². The Labute approximate surface area is 101 Å². The number of hydrogen-bond acceptors (Lipinski definition) is 3. The van der Waals surface area contributed by atoms with Gasteiger partial charge < -0.3 is 9.47 Å². The maximum absolute atomic E-state index is 5.50. The van der Waals surface area contributed by atoms with Crippen molar-refractivity contribution in [2.24, 2.45) is 0 Å². The molecule has 0 aromatic rings. The van der Waals surface area contributed by atoms with Crippen LogP contribution in [0.3, 0.4) is 0 Å². The average molecular weight is 231 g/mol. The fourth-order valence-electron chi connectivity index (χ4n) is 1.70. The summed E-state index contributed by atoms with van der Waals surface area (Å²) in [5.41, 5.74) is 0. The van der Waals surface area contributed by atoms with Gasteiger partial charge in [0.2, 0.25) is 0 Å². The summed E-state index contributed by atoms with van der Waals surface area (Å²) in [5.74, 6) is 0. The van der Waals surface area contributed by atoms with Crippen LogP contribution >= 0.6 is 0 Å². The third-order valence-electron chi connectivity index (χ3n) is 2.40. The minimum absolute atomic E-state index is 0.360. The molecule has 3 nitrogen and oxygen atoms in total. The Morgan fingerprint density at radius 1 is 1.38 bits per heavy atom. The first-order valence-corrected chi connectivity index (χ1v) is 6.64. The maximum Gasteiger partial charge on any atom is 0.0674 e. The van der Waals surface area contributed by atoms with Crippen LogP contribution in [0.2, 0.25) is 0 Å². The summed E-state index contributed by atoms with van der Waals surface area (Å²) in [6.45, 7) is 15.3. The Balaban J connectivity index is 0.00000106. The van der Waals surface area contributed by atoms with E-state index in [4.69, 9.17) is 9.47 Å². The predicted molar refractivity (Wildman–Crippen MR) is 68.9 cm³/mol. The third kappa shape index (κ3) is 8.08. The van der Waals surface area contributed by atoms with Gasteiger partial charge in [-0.05, 0) is 27.2 Å². The maximum atomic E-state index is 5.50. The van der Waals surface area contributed by atoms with E-state index in [2.05, 4.69) is 25.7 Å². The molecule has 1 rings (SSSR count). The SMILES string of the molecule is CC.CC(C)OCCCN1CCOC(C)C1. The van der Waals surface area contributed by atoms with Crippen molar-refractivity contribution in [1.82, 2.24) is 4.90 Å². The van der Waals surface area contributed by atoms with E-state index in [1.54, 1.807) is 0 Å². The molecule has 0 aliphatic carbocycles. The van der Waals surface area contributed by atoms with Gasteiger partial charge in [-0.25, -0.2) is 0 Å². The Morgan fingerprint density at radius 2 is 2.06 bits per heavy atom.